The highest BCUT2D eigenvalue weighted by molar-refractivity contribution is 5.45. The summed E-state index contributed by atoms with van der Waals surface area (Å²) in [5.41, 5.74) is 2.91. The van der Waals surface area contributed by atoms with Crippen LogP contribution >= 0.6 is 0 Å². The van der Waals surface area contributed by atoms with E-state index in [1.807, 2.05) is 67.7 Å². The van der Waals surface area contributed by atoms with Crippen LogP contribution in [0.1, 0.15) is 11.3 Å². The van der Waals surface area contributed by atoms with Crippen LogP contribution in [0, 0.1) is 6.92 Å². The molecular weight excluding hydrogens is 250 g/mol. The second-order valence-electron chi connectivity index (χ2n) is 4.55. The van der Waals surface area contributed by atoms with Crippen LogP contribution in [0.5, 0.6) is 5.75 Å². The standard InChI is InChI=1S/C16H15N3O/c1-13-11-19(18-17-13)15-9-5-6-10-16(15)20-12-14-7-3-2-4-8-14/h2-11H,12H2,1H3. The van der Waals surface area contributed by atoms with Gasteiger partial charge in [-0.05, 0) is 24.6 Å². The van der Waals surface area contributed by atoms with E-state index in [0.29, 0.717) is 6.61 Å². The van der Waals surface area contributed by atoms with Gasteiger partial charge in [-0.15, -0.1) is 5.10 Å². The fourth-order valence-electron chi connectivity index (χ4n) is 1.97. The van der Waals surface area contributed by atoms with Crippen molar-refractivity contribution in [3.05, 3.63) is 72.1 Å². The Hall–Kier alpha value is -2.62. The number of benzene rings is 2. The van der Waals surface area contributed by atoms with Crippen LogP contribution in [0.4, 0.5) is 0 Å². The molecule has 4 heteroatoms. The monoisotopic (exact) mass is 265 g/mol. The molecule has 0 fully saturated rings. The molecule has 1 aromatic heterocycles. The lowest BCUT2D eigenvalue weighted by molar-refractivity contribution is 0.304. The van der Waals surface area contributed by atoms with Crippen molar-refractivity contribution >= 4 is 0 Å². The molecule has 0 spiro atoms. The van der Waals surface area contributed by atoms with Crippen LogP contribution in [-0.4, -0.2) is 15.0 Å². The van der Waals surface area contributed by atoms with E-state index in [0.717, 1.165) is 22.7 Å². The lowest BCUT2D eigenvalue weighted by Crippen LogP contribution is -2.01. The van der Waals surface area contributed by atoms with Crippen molar-refractivity contribution in [2.24, 2.45) is 0 Å². The van der Waals surface area contributed by atoms with Crippen LogP contribution in [-0.2, 0) is 6.61 Å². The van der Waals surface area contributed by atoms with Gasteiger partial charge in [-0.25, -0.2) is 4.68 Å². The van der Waals surface area contributed by atoms with Gasteiger partial charge in [-0.1, -0.05) is 47.7 Å². The first-order valence-electron chi connectivity index (χ1n) is 6.48. The normalized spacial score (nSPS) is 10.4. The summed E-state index contributed by atoms with van der Waals surface area (Å²) in [6.07, 6.45) is 1.88. The van der Waals surface area contributed by atoms with Crippen LogP contribution in [0.3, 0.4) is 0 Å². The minimum atomic E-state index is 0.533. The molecule has 20 heavy (non-hydrogen) atoms. The van der Waals surface area contributed by atoms with Gasteiger partial charge in [0.25, 0.3) is 0 Å². The SMILES string of the molecule is Cc1cn(-c2ccccc2OCc2ccccc2)nn1. The van der Waals surface area contributed by atoms with Gasteiger partial charge < -0.3 is 4.74 Å². The number of nitrogens with zero attached hydrogens (tertiary/aromatic N) is 3. The highest BCUT2D eigenvalue weighted by atomic mass is 16.5. The Balaban J connectivity index is 1.83. The number of hydrogen-bond acceptors (Lipinski definition) is 3. The first-order chi connectivity index (χ1) is 9.83. The summed E-state index contributed by atoms with van der Waals surface area (Å²) in [7, 11) is 0. The molecule has 0 saturated carbocycles. The number of hydrogen-bond donors (Lipinski definition) is 0. The third kappa shape index (κ3) is 2.69. The molecular formula is C16H15N3O. The zero-order valence-electron chi connectivity index (χ0n) is 11.2. The van der Waals surface area contributed by atoms with E-state index in [4.69, 9.17) is 4.74 Å². The molecule has 0 amide bonds. The molecule has 0 aliphatic heterocycles. The van der Waals surface area contributed by atoms with Crippen molar-refractivity contribution < 1.29 is 4.74 Å². The molecule has 0 unspecified atom stereocenters. The van der Waals surface area contributed by atoms with Gasteiger partial charge in [0.1, 0.15) is 18.0 Å². The van der Waals surface area contributed by atoms with Gasteiger partial charge in [-0.3, -0.25) is 0 Å². The van der Waals surface area contributed by atoms with Crippen molar-refractivity contribution in [3.63, 3.8) is 0 Å². The van der Waals surface area contributed by atoms with Crippen molar-refractivity contribution in [1.29, 1.82) is 0 Å². The Morgan fingerprint density at radius 1 is 1.00 bits per heavy atom. The maximum absolute atomic E-state index is 5.90. The molecule has 0 aliphatic carbocycles. The van der Waals surface area contributed by atoms with E-state index in [2.05, 4.69) is 10.3 Å². The second kappa shape index (κ2) is 5.57. The molecule has 2 aromatic carbocycles. The average Bonchev–Trinajstić information content (AvgIpc) is 2.93. The van der Waals surface area contributed by atoms with E-state index in [1.54, 1.807) is 4.68 Å². The van der Waals surface area contributed by atoms with E-state index >= 15 is 0 Å². The van der Waals surface area contributed by atoms with Gasteiger partial charge in [0.15, 0.2) is 0 Å². The van der Waals surface area contributed by atoms with Crippen LogP contribution in [0.25, 0.3) is 5.69 Å². The maximum Gasteiger partial charge on any atom is 0.145 e. The fraction of sp³-hybridized carbons (Fsp3) is 0.125. The number of aromatic nitrogens is 3. The Labute approximate surface area is 117 Å². The van der Waals surface area contributed by atoms with E-state index in [1.165, 1.54) is 0 Å². The van der Waals surface area contributed by atoms with Gasteiger partial charge in [-0.2, -0.15) is 0 Å². The van der Waals surface area contributed by atoms with Crippen LogP contribution in [0.2, 0.25) is 0 Å². The molecule has 0 N–H and O–H groups in total. The molecule has 1 heterocycles. The summed E-state index contributed by atoms with van der Waals surface area (Å²) in [4.78, 5) is 0. The van der Waals surface area contributed by atoms with Crippen molar-refractivity contribution in [2.75, 3.05) is 0 Å². The van der Waals surface area contributed by atoms with Crippen molar-refractivity contribution in [1.82, 2.24) is 15.0 Å². The minimum absolute atomic E-state index is 0.533. The Morgan fingerprint density at radius 2 is 1.75 bits per heavy atom. The molecule has 3 rings (SSSR count). The third-order valence-electron chi connectivity index (χ3n) is 2.96. The quantitative estimate of drug-likeness (QED) is 0.727. The Morgan fingerprint density at radius 3 is 2.50 bits per heavy atom. The zero-order chi connectivity index (χ0) is 13.8. The Bertz CT molecular complexity index is 692. The van der Waals surface area contributed by atoms with Crippen molar-refractivity contribution in [2.45, 2.75) is 13.5 Å². The second-order valence-corrected chi connectivity index (χ2v) is 4.55. The smallest absolute Gasteiger partial charge is 0.145 e. The predicted octanol–water partition coefficient (Wildman–Crippen LogP) is 3.15. The first kappa shape index (κ1) is 12.4. The molecule has 0 bridgehead atoms. The number of ether oxygens (including phenoxy) is 1. The lowest BCUT2D eigenvalue weighted by Gasteiger charge is -2.10. The van der Waals surface area contributed by atoms with Crippen LogP contribution < -0.4 is 4.74 Å². The fourth-order valence-corrected chi connectivity index (χ4v) is 1.97. The predicted molar refractivity (Wildman–Crippen MR) is 76.9 cm³/mol. The van der Waals surface area contributed by atoms with E-state index in [9.17, 15) is 0 Å². The van der Waals surface area contributed by atoms with Gasteiger partial charge in [0.05, 0.1) is 11.9 Å². The third-order valence-corrected chi connectivity index (χ3v) is 2.96. The van der Waals surface area contributed by atoms with Gasteiger partial charge in [0.2, 0.25) is 0 Å². The van der Waals surface area contributed by atoms with Gasteiger partial charge in [0, 0.05) is 0 Å². The summed E-state index contributed by atoms with van der Waals surface area (Å²) in [5, 5.41) is 8.10. The van der Waals surface area contributed by atoms with Crippen molar-refractivity contribution in [3.8, 4) is 11.4 Å². The topological polar surface area (TPSA) is 39.9 Å². The molecule has 0 atom stereocenters. The lowest BCUT2D eigenvalue weighted by atomic mass is 10.2. The number of para-hydroxylation sites is 2. The summed E-state index contributed by atoms with van der Waals surface area (Å²) in [6, 6.07) is 17.9. The summed E-state index contributed by atoms with van der Waals surface area (Å²) in [6.45, 7) is 2.45. The highest BCUT2D eigenvalue weighted by Crippen LogP contribution is 2.22. The number of aryl methyl sites for hydroxylation is 1. The molecule has 4 nitrogen and oxygen atoms in total. The molecule has 0 saturated heterocycles. The molecule has 0 aliphatic rings. The zero-order valence-corrected chi connectivity index (χ0v) is 11.2. The van der Waals surface area contributed by atoms with E-state index in [-0.39, 0.29) is 0 Å². The molecule has 100 valence electrons. The average molecular weight is 265 g/mol. The molecule has 0 radical (unpaired) electrons. The van der Waals surface area contributed by atoms with E-state index < -0.39 is 0 Å². The van der Waals surface area contributed by atoms with Gasteiger partial charge >= 0.3 is 0 Å². The Kier molecular flexibility index (Phi) is 3.46. The summed E-state index contributed by atoms with van der Waals surface area (Å²) < 4.78 is 7.63. The summed E-state index contributed by atoms with van der Waals surface area (Å²) in [5.74, 6) is 0.793. The highest BCUT2D eigenvalue weighted by Gasteiger charge is 2.07. The minimum Gasteiger partial charge on any atom is -0.487 e. The number of rotatable bonds is 4. The molecule has 3 aromatic rings. The van der Waals surface area contributed by atoms with Crippen LogP contribution in [0.15, 0.2) is 60.8 Å². The first-order valence-corrected chi connectivity index (χ1v) is 6.48. The maximum atomic E-state index is 5.90. The largest absolute Gasteiger partial charge is 0.487 e. The summed E-state index contributed by atoms with van der Waals surface area (Å²) >= 11 is 0.